The van der Waals surface area contributed by atoms with Crippen LogP contribution in [0.2, 0.25) is 0 Å². The highest BCUT2D eigenvalue weighted by atomic mass is 16.5. The van der Waals surface area contributed by atoms with Crippen LogP contribution in [0.4, 0.5) is 0 Å². The molecule has 1 aliphatic carbocycles. The summed E-state index contributed by atoms with van der Waals surface area (Å²) >= 11 is 0. The average molecular weight is 294 g/mol. The van der Waals surface area contributed by atoms with Crippen LogP contribution in [-0.2, 0) is 4.74 Å². The Kier molecular flexibility index (Phi) is 5.58. The van der Waals surface area contributed by atoms with Crippen molar-refractivity contribution in [2.45, 2.75) is 77.0 Å². The van der Waals surface area contributed by atoms with Gasteiger partial charge in [0.05, 0.1) is 6.10 Å². The summed E-state index contributed by atoms with van der Waals surface area (Å²) < 4.78 is 5.86. The van der Waals surface area contributed by atoms with Crippen molar-refractivity contribution < 1.29 is 4.74 Å². The Hall–Kier alpha value is -0.120. The minimum Gasteiger partial charge on any atom is -0.378 e. The first-order valence-electron chi connectivity index (χ1n) is 9.33. The highest BCUT2D eigenvalue weighted by molar-refractivity contribution is 4.95. The van der Waals surface area contributed by atoms with Crippen LogP contribution >= 0.6 is 0 Å². The zero-order chi connectivity index (χ0) is 14.7. The van der Waals surface area contributed by atoms with Crippen LogP contribution in [-0.4, -0.2) is 49.3 Å². The van der Waals surface area contributed by atoms with E-state index in [1.54, 1.807) is 0 Å². The summed E-state index contributed by atoms with van der Waals surface area (Å²) in [5.74, 6) is 1.76. The van der Waals surface area contributed by atoms with Crippen molar-refractivity contribution in [1.29, 1.82) is 0 Å². The summed E-state index contributed by atoms with van der Waals surface area (Å²) in [5, 5.41) is 3.92. The van der Waals surface area contributed by atoms with Crippen molar-refractivity contribution >= 4 is 0 Å². The van der Waals surface area contributed by atoms with E-state index in [4.69, 9.17) is 4.74 Å². The molecule has 0 amide bonds. The molecular formula is C18H34N2O. The fraction of sp³-hybridized carbons (Fsp3) is 1.00. The fourth-order valence-electron chi connectivity index (χ4n) is 4.67. The molecule has 3 aliphatic rings. The SMILES string of the molecule is CC(C)N1CC2CCCC(C1)C2NCCC1CCCCO1. The molecule has 0 aromatic carbocycles. The van der Waals surface area contributed by atoms with Gasteiger partial charge in [0.15, 0.2) is 0 Å². The van der Waals surface area contributed by atoms with Gasteiger partial charge in [0, 0.05) is 31.8 Å². The summed E-state index contributed by atoms with van der Waals surface area (Å²) in [6, 6.07) is 1.49. The summed E-state index contributed by atoms with van der Waals surface area (Å²) in [7, 11) is 0. The average Bonchev–Trinajstić information content (AvgIpc) is 2.47. The lowest BCUT2D eigenvalue weighted by atomic mass is 9.73. The predicted octanol–water partition coefficient (Wildman–Crippen LogP) is 3.04. The molecule has 3 rings (SSSR count). The molecule has 1 N–H and O–H groups in total. The normalized spacial score (nSPS) is 37.9. The Labute approximate surface area is 130 Å². The highest BCUT2D eigenvalue weighted by Crippen LogP contribution is 2.35. The van der Waals surface area contributed by atoms with Gasteiger partial charge in [-0.15, -0.1) is 0 Å². The van der Waals surface area contributed by atoms with E-state index in [0.29, 0.717) is 12.1 Å². The molecule has 21 heavy (non-hydrogen) atoms. The van der Waals surface area contributed by atoms with Gasteiger partial charge in [-0.25, -0.2) is 0 Å². The third kappa shape index (κ3) is 4.00. The quantitative estimate of drug-likeness (QED) is 0.843. The van der Waals surface area contributed by atoms with Crippen molar-refractivity contribution in [3.63, 3.8) is 0 Å². The molecule has 2 aliphatic heterocycles. The molecule has 0 spiro atoms. The van der Waals surface area contributed by atoms with Gasteiger partial charge in [-0.3, -0.25) is 0 Å². The maximum Gasteiger partial charge on any atom is 0.0587 e. The third-order valence-electron chi connectivity index (χ3n) is 5.95. The standard InChI is InChI=1S/C18H34N2O/c1-14(2)20-12-15-6-5-7-16(13-20)18(15)19-10-9-17-8-3-4-11-21-17/h14-19H,3-13H2,1-2H3. The number of rotatable bonds is 5. The molecule has 0 aromatic rings. The largest absolute Gasteiger partial charge is 0.378 e. The molecule has 2 saturated heterocycles. The second-order valence-electron chi connectivity index (χ2n) is 7.76. The summed E-state index contributed by atoms with van der Waals surface area (Å²) in [4.78, 5) is 2.71. The van der Waals surface area contributed by atoms with Gasteiger partial charge < -0.3 is 15.0 Å². The van der Waals surface area contributed by atoms with Gasteiger partial charge in [0.25, 0.3) is 0 Å². The molecule has 2 bridgehead atoms. The van der Waals surface area contributed by atoms with Crippen LogP contribution < -0.4 is 5.32 Å². The maximum absolute atomic E-state index is 5.86. The van der Waals surface area contributed by atoms with Crippen molar-refractivity contribution in [1.82, 2.24) is 10.2 Å². The molecule has 3 unspecified atom stereocenters. The first-order valence-corrected chi connectivity index (χ1v) is 9.33. The molecule has 3 atom stereocenters. The van der Waals surface area contributed by atoms with Gasteiger partial charge in [-0.05, 0) is 70.8 Å². The number of ether oxygens (including phenoxy) is 1. The van der Waals surface area contributed by atoms with Crippen molar-refractivity contribution in [2.24, 2.45) is 11.8 Å². The van der Waals surface area contributed by atoms with Gasteiger partial charge in [0.2, 0.25) is 0 Å². The van der Waals surface area contributed by atoms with E-state index in [-0.39, 0.29) is 0 Å². The van der Waals surface area contributed by atoms with Crippen LogP contribution in [0, 0.1) is 11.8 Å². The van der Waals surface area contributed by atoms with Gasteiger partial charge >= 0.3 is 0 Å². The lowest BCUT2D eigenvalue weighted by Crippen LogP contribution is -2.58. The molecule has 1 saturated carbocycles. The van der Waals surface area contributed by atoms with Gasteiger partial charge in [-0.1, -0.05) is 6.42 Å². The first-order chi connectivity index (χ1) is 10.2. The number of nitrogens with zero attached hydrogens (tertiary/aromatic N) is 1. The van der Waals surface area contributed by atoms with E-state index in [9.17, 15) is 0 Å². The minimum absolute atomic E-state index is 0.529. The summed E-state index contributed by atoms with van der Waals surface area (Å²) in [6.07, 6.45) is 9.95. The van der Waals surface area contributed by atoms with Crippen molar-refractivity contribution in [3.05, 3.63) is 0 Å². The Balaban J connectivity index is 1.46. The Morgan fingerprint density at radius 3 is 2.43 bits per heavy atom. The lowest BCUT2D eigenvalue weighted by molar-refractivity contribution is 0.00434. The van der Waals surface area contributed by atoms with Crippen LogP contribution in [0.15, 0.2) is 0 Å². The molecular weight excluding hydrogens is 260 g/mol. The van der Waals surface area contributed by atoms with E-state index in [2.05, 4.69) is 24.1 Å². The Morgan fingerprint density at radius 1 is 1.05 bits per heavy atom. The Morgan fingerprint density at radius 2 is 1.81 bits per heavy atom. The van der Waals surface area contributed by atoms with Gasteiger partial charge in [-0.2, -0.15) is 0 Å². The van der Waals surface area contributed by atoms with Crippen LogP contribution in [0.3, 0.4) is 0 Å². The number of fused-ring (bicyclic) bond motifs is 2. The summed E-state index contributed by atoms with van der Waals surface area (Å²) in [5.41, 5.74) is 0. The molecule has 2 heterocycles. The zero-order valence-corrected chi connectivity index (χ0v) is 14.0. The summed E-state index contributed by atoms with van der Waals surface area (Å²) in [6.45, 7) is 9.47. The maximum atomic E-state index is 5.86. The van der Waals surface area contributed by atoms with Crippen LogP contribution in [0.5, 0.6) is 0 Å². The molecule has 3 nitrogen and oxygen atoms in total. The lowest BCUT2D eigenvalue weighted by Gasteiger charge is -2.49. The van der Waals surface area contributed by atoms with E-state index in [1.165, 1.54) is 58.0 Å². The fourth-order valence-corrected chi connectivity index (χ4v) is 4.67. The van der Waals surface area contributed by atoms with Crippen molar-refractivity contribution in [2.75, 3.05) is 26.2 Å². The van der Waals surface area contributed by atoms with E-state index in [1.807, 2.05) is 0 Å². The van der Waals surface area contributed by atoms with Crippen LogP contribution in [0.1, 0.15) is 58.8 Å². The number of hydrogen-bond donors (Lipinski definition) is 1. The third-order valence-corrected chi connectivity index (χ3v) is 5.95. The van der Waals surface area contributed by atoms with Crippen LogP contribution in [0.25, 0.3) is 0 Å². The Bertz CT molecular complexity index is 300. The topological polar surface area (TPSA) is 24.5 Å². The van der Waals surface area contributed by atoms with E-state index >= 15 is 0 Å². The second kappa shape index (κ2) is 7.43. The number of piperidine rings is 1. The molecule has 0 radical (unpaired) electrons. The predicted molar refractivity (Wildman–Crippen MR) is 87.5 cm³/mol. The molecule has 3 fully saturated rings. The number of nitrogens with one attached hydrogen (secondary N) is 1. The smallest absolute Gasteiger partial charge is 0.0587 e. The first kappa shape index (κ1) is 15.8. The number of hydrogen-bond acceptors (Lipinski definition) is 3. The molecule has 3 heteroatoms. The number of likely N-dealkylation sites (tertiary alicyclic amines) is 1. The molecule has 122 valence electrons. The van der Waals surface area contributed by atoms with Crippen molar-refractivity contribution in [3.8, 4) is 0 Å². The van der Waals surface area contributed by atoms with Gasteiger partial charge in [0.1, 0.15) is 0 Å². The zero-order valence-electron chi connectivity index (χ0n) is 14.0. The second-order valence-corrected chi connectivity index (χ2v) is 7.76. The van der Waals surface area contributed by atoms with E-state index in [0.717, 1.165) is 31.0 Å². The highest BCUT2D eigenvalue weighted by Gasteiger charge is 2.39. The monoisotopic (exact) mass is 294 g/mol. The minimum atomic E-state index is 0.529. The van der Waals surface area contributed by atoms with E-state index < -0.39 is 0 Å². The molecule has 0 aromatic heterocycles.